The van der Waals surface area contributed by atoms with Crippen molar-refractivity contribution in [1.82, 2.24) is 19.9 Å². The predicted octanol–water partition coefficient (Wildman–Crippen LogP) is 15.7. The van der Waals surface area contributed by atoms with Gasteiger partial charge < -0.3 is 20.4 Å². The Morgan fingerprint density at radius 3 is 0.986 bits per heavy atom. The van der Waals surface area contributed by atoms with Crippen LogP contribution < -0.4 is 20.4 Å². The van der Waals surface area contributed by atoms with Crippen LogP contribution in [0.15, 0.2) is 267 Å². The number of rotatable bonds is 11. The fraction of sp³-hybridized carbons (Fsp3) is 0.0312. The molecule has 2 aromatic heterocycles. The summed E-state index contributed by atoms with van der Waals surface area (Å²) in [6, 6.07) is 88.6. The second-order valence-electron chi connectivity index (χ2n) is 17.4. The van der Waals surface area contributed by atoms with E-state index in [2.05, 4.69) is 248 Å². The molecule has 3 heterocycles. The largest absolute Gasteiger partial charge is 0.368 e. The zero-order chi connectivity index (χ0) is 48.5. The van der Waals surface area contributed by atoms with Crippen LogP contribution in [0.2, 0.25) is 0 Å². The van der Waals surface area contributed by atoms with E-state index in [1.807, 2.05) is 42.6 Å². The summed E-state index contributed by atoms with van der Waals surface area (Å²) in [4.78, 5) is 24.5. The van der Waals surface area contributed by atoms with Crippen LogP contribution in [0.25, 0.3) is 44.8 Å². The summed E-state index contributed by atoms with van der Waals surface area (Å²) in [5, 5.41) is 0. The lowest BCUT2D eigenvalue weighted by Gasteiger charge is -2.25. The van der Waals surface area contributed by atoms with Gasteiger partial charge in [-0.25, -0.2) is 19.9 Å². The molecule has 1 aliphatic heterocycles. The first kappa shape index (κ1) is 44.8. The van der Waals surface area contributed by atoms with Gasteiger partial charge >= 0.3 is 0 Å². The highest BCUT2D eigenvalue weighted by atomic mass is 15.3. The maximum atomic E-state index is 5.71. The number of hydrogen-bond donors (Lipinski definition) is 1. The maximum Gasteiger partial charge on any atom is 0.226 e. The lowest BCUT2D eigenvalue weighted by atomic mass is 10.0. The third kappa shape index (κ3) is 10.1. The average molecular weight is 931 g/mol. The van der Waals surface area contributed by atoms with E-state index in [0.29, 0.717) is 0 Å². The molecule has 0 saturated heterocycles. The fourth-order valence-corrected chi connectivity index (χ4v) is 9.15. The number of nitrogens with zero attached hydrogens (tertiary/aromatic N) is 7. The molecule has 8 heteroatoms. The van der Waals surface area contributed by atoms with E-state index in [-0.39, 0.29) is 5.95 Å². The number of nitrogens with two attached hydrogens (primary N) is 1. The Balaban J connectivity index is 0.000000160. The van der Waals surface area contributed by atoms with Gasteiger partial charge in [-0.3, -0.25) is 0 Å². The van der Waals surface area contributed by atoms with Crippen LogP contribution >= 0.6 is 0 Å². The van der Waals surface area contributed by atoms with Crippen molar-refractivity contribution < 1.29 is 0 Å². The van der Waals surface area contributed by atoms with Crippen LogP contribution in [0.3, 0.4) is 0 Å². The summed E-state index contributed by atoms with van der Waals surface area (Å²) >= 11 is 0. The van der Waals surface area contributed by atoms with Crippen molar-refractivity contribution in [3.63, 3.8) is 0 Å². The van der Waals surface area contributed by atoms with Crippen LogP contribution in [-0.4, -0.2) is 19.9 Å². The SMILES string of the molecule is Nc1nccc(-c2ccc(-c3ccc(N(c4ccccc4)c4ccccc4)cc3)cc2)n1.c1ccc(N(c2ccccc2)c2ccc(-c3ccc(-c4ccnc(N5Cc6ccccc6C5)n4)cc3)cc2)cc1. The molecule has 2 N–H and O–H groups in total. The van der Waals surface area contributed by atoms with Gasteiger partial charge in [0.1, 0.15) is 0 Å². The molecule has 0 aliphatic carbocycles. The molecule has 9 aromatic carbocycles. The zero-order valence-electron chi connectivity index (χ0n) is 39.5. The molecule has 0 fully saturated rings. The predicted molar refractivity (Wildman–Crippen MR) is 296 cm³/mol. The van der Waals surface area contributed by atoms with Crippen molar-refractivity contribution >= 4 is 46.0 Å². The van der Waals surface area contributed by atoms with Gasteiger partial charge in [-0.1, -0.05) is 170 Å². The molecule has 0 unspecified atom stereocenters. The summed E-state index contributed by atoms with van der Waals surface area (Å²) in [6.45, 7) is 1.70. The van der Waals surface area contributed by atoms with Crippen LogP contribution in [0.1, 0.15) is 11.1 Å². The minimum Gasteiger partial charge on any atom is -0.368 e. The lowest BCUT2D eigenvalue weighted by molar-refractivity contribution is 0.829. The number of anilines is 8. The molecule has 0 amide bonds. The number of hydrogen-bond acceptors (Lipinski definition) is 8. The number of fused-ring (bicyclic) bond motifs is 1. The zero-order valence-corrected chi connectivity index (χ0v) is 39.5. The van der Waals surface area contributed by atoms with Crippen molar-refractivity contribution in [3.8, 4) is 44.8 Å². The van der Waals surface area contributed by atoms with Crippen LogP contribution in [-0.2, 0) is 13.1 Å². The average Bonchev–Trinajstić information content (AvgIpc) is 3.90. The Morgan fingerprint density at radius 1 is 0.306 bits per heavy atom. The van der Waals surface area contributed by atoms with Gasteiger partial charge in [0.05, 0.1) is 11.4 Å². The molecule has 1 aliphatic rings. The highest BCUT2D eigenvalue weighted by molar-refractivity contribution is 5.80. The molecule has 0 radical (unpaired) electrons. The summed E-state index contributed by atoms with van der Waals surface area (Å²) in [6.07, 6.45) is 3.54. The third-order valence-electron chi connectivity index (χ3n) is 12.8. The number of nitrogen functional groups attached to an aromatic ring is 1. The molecule has 0 spiro atoms. The van der Waals surface area contributed by atoms with Gasteiger partial charge in [0.25, 0.3) is 0 Å². The lowest BCUT2D eigenvalue weighted by Crippen LogP contribution is -2.17. The third-order valence-corrected chi connectivity index (χ3v) is 12.8. The minimum absolute atomic E-state index is 0.281. The maximum absolute atomic E-state index is 5.71. The first-order valence-electron chi connectivity index (χ1n) is 24.1. The molecule has 8 nitrogen and oxygen atoms in total. The Morgan fingerprint density at radius 2 is 0.611 bits per heavy atom. The first-order valence-corrected chi connectivity index (χ1v) is 24.1. The molecule has 12 rings (SSSR count). The fourth-order valence-electron chi connectivity index (χ4n) is 9.15. The highest BCUT2D eigenvalue weighted by Gasteiger charge is 2.21. The summed E-state index contributed by atoms with van der Waals surface area (Å²) < 4.78 is 0. The van der Waals surface area contributed by atoms with E-state index in [4.69, 9.17) is 10.7 Å². The van der Waals surface area contributed by atoms with Crippen LogP contribution in [0.5, 0.6) is 0 Å². The van der Waals surface area contributed by atoms with E-state index in [1.54, 1.807) is 6.20 Å². The Labute approximate surface area is 420 Å². The quantitative estimate of drug-likeness (QED) is 0.137. The molecule has 0 saturated carbocycles. The van der Waals surface area contributed by atoms with Crippen LogP contribution in [0.4, 0.5) is 46.0 Å². The molecule has 11 aromatic rings. The van der Waals surface area contributed by atoms with Crippen molar-refractivity contribution in [1.29, 1.82) is 0 Å². The Bertz CT molecular complexity index is 3400. The van der Waals surface area contributed by atoms with Gasteiger partial charge in [0, 0.05) is 70.7 Å². The van der Waals surface area contributed by atoms with Crippen molar-refractivity contribution in [3.05, 3.63) is 278 Å². The molecule has 72 heavy (non-hydrogen) atoms. The van der Waals surface area contributed by atoms with Gasteiger partial charge in [-0.15, -0.1) is 0 Å². The number of benzene rings is 9. The van der Waals surface area contributed by atoms with Gasteiger partial charge in [-0.05, 0) is 118 Å². The standard InChI is InChI=1S/C36H28N4.C28H22N4/c1-3-11-32(12-4-1)40(33-13-5-2-6-14-33)34-21-19-28(20-22-34)27-15-17-29(18-16-27)35-23-24-37-36(38-35)39-25-30-9-7-8-10-31(30)26-39;29-28-30-20-19-27(31-28)23-13-11-21(12-14-23)22-15-17-26(18-16-22)32(24-7-3-1-4-8-24)25-9-5-2-6-10-25/h1-24H,25-26H2;1-20H,(H2,29,30,31). The monoisotopic (exact) mass is 930 g/mol. The smallest absolute Gasteiger partial charge is 0.226 e. The summed E-state index contributed by atoms with van der Waals surface area (Å²) in [7, 11) is 0. The topological polar surface area (TPSA) is 87.3 Å². The van der Waals surface area contributed by atoms with Crippen LogP contribution in [0, 0.1) is 0 Å². The summed E-state index contributed by atoms with van der Waals surface area (Å²) in [5.41, 5.74) is 23.7. The van der Waals surface area contributed by atoms with E-state index >= 15 is 0 Å². The normalized spacial score (nSPS) is 11.5. The second-order valence-corrected chi connectivity index (χ2v) is 17.4. The number of para-hydroxylation sites is 4. The van der Waals surface area contributed by atoms with Crippen molar-refractivity contribution in [2.24, 2.45) is 0 Å². The van der Waals surface area contributed by atoms with Gasteiger partial charge in [0.15, 0.2) is 0 Å². The number of aromatic nitrogens is 4. The van der Waals surface area contributed by atoms with E-state index in [9.17, 15) is 0 Å². The molecule has 0 atom stereocenters. The molecule has 346 valence electrons. The van der Waals surface area contributed by atoms with Gasteiger partial charge in [-0.2, -0.15) is 0 Å². The van der Waals surface area contributed by atoms with E-state index in [0.717, 1.165) is 86.8 Å². The Hall–Kier alpha value is -9.66. The van der Waals surface area contributed by atoms with E-state index in [1.165, 1.54) is 22.3 Å². The molecular weight excluding hydrogens is 881 g/mol. The minimum atomic E-state index is 0.281. The first-order chi connectivity index (χ1) is 35.6. The van der Waals surface area contributed by atoms with Crippen molar-refractivity contribution in [2.45, 2.75) is 13.1 Å². The highest BCUT2D eigenvalue weighted by Crippen LogP contribution is 2.38. The second kappa shape index (κ2) is 20.9. The van der Waals surface area contributed by atoms with E-state index < -0.39 is 0 Å². The molecule has 0 bridgehead atoms. The molecular formula is C64H50N8. The summed E-state index contributed by atoms with van der Waals surface area (Å²) in [5.74, 6) is 1.05. The van der Waals surface area contributed by atoms with Crippen molar-refractivity contribution in [2.75, 3.05) is 20.4 Å². The Kier molecular flexibility index (Phi) is 13.0. The van der Waals surface area contributed by atoms with Gasteiger partial charge in [0.2, 0.25) is 11.9 Å².